The SMILES string of the molecule is ON=C1CCc2cc(OC(F)(F)F)ccc21. The molecule has 0 fully saturated rings. The fourth-order valence-corrected chi connectivity index (χ4v) is 1.75. The van der Waals surface area contributed by atoms with Gasteiger partial charge < -0.3 is 9.94 Å². The molecule has 0 heterocycles. The Morgan fingerprint density at radius 1 is 1.25 bits per heavy atom. The highest BCUT2D eigenvalue weighted by Gasteiger charge is 2.31. The van der Waals surface area contributed by atoms with Crippen LogP contribution in [0.4, 0.5) is 13.2 Å². The lowest BCUT2D eigenvalue weighted by Crippen LogP contribution is -2.17. The van der Waals surface area contributed by atoms with Crippen molar-refractivity contribution >= 4 is 5.71 Å². The molecule has 0 amide bonds. The van der Waals surface area contributed by atoms with Gasteiger partial charge in [0.05, 0.1) is 5.71 Å². The molecular formula is C10H8F3NO2. The first-order valence-corrected chi connectivity index (χ1v) is 4.59. The highest BCUT2D eigenvalue weighted by atomic mass is 19.4. The molecule has 6 heteroatoms. The number of halogens is 3. The van der Waals surface area contributed by atoms with Gasteiger partial charge in [0.2, 0.25) is 0 Å². The number of benzene rings is 1. The summed E-state index contributed by atoms with van der Waals surface area (Å²) in [4.78, 5) is 0. The van der Waals surface area contributed by atoms with Crippen molar-refractivity contribution in [1.29, 1.82) is 0 Å². The van der Waals surface area contributed by atoms with Crippen LogP contribution >= 0.6 is 0 Å². The van der Waals surface area contributed by atoms with E-state index >= 15 is 0 Å². The van der Waals surface area contributed by atoms with Crippen LogP contribution in [0.5, 0.6) is 5.75 Å². The average Bonchev–Trinajstić information content (AvgIpc) is 2.57. The monoisotopic (exact) mass is 231 g/mol. The zero-order chi connectivity index (χ0) is 11.8. The summed E-state index contributed by atoms with van der Waals surface area (Å²) in [6, 6.07) is 4.00. The molecule has 3 nitrogen and oxygen atoms in total. The number of fused-ring (bicyclic) bond motifs is 1. The summed E-state index contributed by atoms with van der Waals surface area (Å²) in [7, 11) is 0. The first kappa shape index (κ1) is 10.8. The molecule has 0 saturated heterocycles. The minimum Gasteiger partial charge on any atom is -0.411 e. The van der Waals surface area contributed by atoms with Crippen molar-refractivity contribution in [3.05, 3.63) is 29.3 Å². The molecule has 0 spiro atoms. The lowest BCUT2D eigenvalue weighted by molar-refractivity contribution is -0.274. The zero-order valence-corrected chi connectivity index (χ0v) is 8.08. The lowest BCUT2D eigenvalue weighted by atomic mass is 10.1. The van der Waals surface area contributed by atoms with Gasteiger partial charge in [0, 0.05) is 5.56 Å². The van der Waals surface area contributed by atoms with Crippen LogP contribution in [0.15, 0.2) is 23.4 Å². The second-order valence-corrected chi connectivity index (χ2v) is 3.41. The molecule has 0 bridgehead atoms. The summed E-state index contributed by atoms with van der Waals surface area (Å²) in [5.41, 5.74) is 1.88. The van der Waals surface area contributed by atoms with Gasteiger partial charge in [-0.15, -0.1) is 13.2 Å². The highest BCUT2D eigenvalue weighted by Crippen LogP contribution is 2.29. The Bertz CT molecular complexity index is 440. The van der Waals surface area contributed by atoms with Crippen LogP contribution in [-0.4, -0.2) is 17.3 Å². The van der Waals surface area contributed by atoms with Gasteiger partial charge in [0.1, 0.15) is 5.75 Å². The van der Waals surface area contributed by atoms with Crippen LogP contribution < -0.4 is 4.74 Å². The van der Waals surface area contributed by atoms with E-state index in [9.17, 15) is 13.2 Å². The number of ether oxygens (including phenoxy) is 1. The molecule has 0 unspecified atom stereocenters. The third-order valence-corrected chi connectivity index (χ3v) is 2.37. The molecule has 0 radical (unpaired) electrons. The topological polar surface area (TPSA) is 41.8 Å². The second-order valence-electron chi connectivity index (χ2n) is 3.41. The third-order valence-electron chi connectivity index (χ3n) is 2.37. The number of nitrogens with zero attached hydrogens (tertiary/aromatic N) is 1. The van der Waals surface area contributed by atoms with Gasteiger partial charge in [-0.1, -0.05) is 5.16 Å². The molecule has 0 atom stereocenters. The molecular weight excluding hydrogens is 223 g/mol. The molecule has 86 valence electrons. The molecule has 1 aromatic carbocycles. The Balaban J connectivity index is 2.29. The van der Waals surface area contributed by atoms with Crippen LogP contribution in [0.3, 0.4) is 0 Å². The average molecular weight is 231 g/mol. The van der Waals surface area contributed by atoms with E-state index in [1.54, 1.807) is 0 Å². The van der Waals surface area contributed by atoms with Crippen molar-refractivity contribution < 1.29 is 23.1 Å². The molecule has 1 aromatic rings. The van der Waals surface area contributed by atoms with Crippen LogP contribution in [0.25, 0.3) is 0 Å². The minimum absolute atomic E-state index is 0.245. The summed E-state index contributed by atoms with van der Waals surface area (Å²) >= 11 is 0. The van der Waals surface area contributed by atoms with E-state index in [2.05, 4.69) is 9.89 Å². The van der Waals surface area contributed by atoms with E-state index in [0.717, 1.165) is 0 Å². The van der Waals surface area contributed by atoms with Gasteiger partial charge >= 0.3 is 6.36 Å². The molecule has 0 aromatic heterocycles. The van der Waals surface area contributed by atoms with Crippen molar-refractivity contribution in [3.8, 4) is 5.75 Å². The van der Waals surface area contributed by atoms with E-state index in [1.165, 1.54) is 18.2 Å². The number of aryl methyl sites for hydroxylation is 1. The summed E-state index contributed by atoms with van der Waals surface area (Å²) in [5, 5.41) is 11.7. The van der Waals surface area contributed by atoms with E-state index in [1.807, 2.05) is 0 Å². The molecule has 2 rings (SSSR count). The number of oxime groups is 1. The quantitative estimate of drug-likeness (QED) is 0.596. The van der Waals surface area contributed by atoms with Crippen molar-refractivity contribution in [2.24, 2.45) is 5.16 Å². The van der Waals surface area contributed by atoms with Gasteiger partial charge in [0.15, 0.2) is 0 Å². The maximum Gasteiger partial charge on any atom is 0.573 e. The van der Waals surface area contributed by atoms with Crippen LogP contribution in [0.2, 0.25) is 0 Å². The molecule has 1 aliphatic rings. The number of hydrogen-bond acceptors (Lipinski definition) is 3. The Labute approximate surface area is 89.1 Å². The van der Waals surface area contributed by atoms with Gasteiger partial charge in [-0.05, 0) is 36.6 Å². The van der Waals surface area contributed by atoms with E-state index in [-0.39, 0.29) is 5.75 Å². The molecule has 0 saturated carbocycles. The van der Waals surface area contributed by atoms with E-state index in [4.69, 9.17) is 5.21 Å². The Hall–Kier alpha value is -1.72. The predicted molar refractivity (Wildman–Crippen MR) is 49.8 cm³/mol. The molecule has 16 heavy (non-hydrogen) atoms. The summed E-state index contributed by atoms with van der Waals surface area (Å²) in [6.07, 6.45) is -3.59. The van der Waals surface area contributed by atoms with Crippen LogP contribution in [0.1, 0.15) is 17.5 Å². The molecule has 1 N–H and O–H groups in total. The normalized spacial score (nSPS) is 17.6. The fraction of sp³-hybridized carbons (Fsp3) is 0.300. The van der Waals surface area contributed by atoms with Gasteiger partial charge in [0.25, 0.3) is 0 Å². The first-order valence-electron chi connectivity index (χ1n) is 4.59. The van der Waals surface area contributed by atoms with Crippen molar-refractivity contribution in [1.82, 2.24) is 0 Å². The third kappa shape index (κ3) is 2.10. The largest absolute Gasteiger partial charge is 0.573 e. The standard InChI is InChI=1S/C10H8F3NO2/c11-10(12,13)16-7-2-3-8-6(5-7)1-4-9(8)14-15/h2-3,5,15H,1,4H2. The zero-order valence-electron chi connectivity index (χ0n) is 8.08. The molecule has 1 aliphatic carbocycles. The summed E-state index contributed by atoms with van der Waals surface area (Å²) in [6.45, 7) is 0. The van der Waals surface area contributed by atoms with Crippen LogP contribution in [0, 0.1) is 0 Å². The maximum absolute atomic E-state index is 12.0. The smallest absolute Gasteiger partial charge is 0.411 e. The Morgan fingerprint density at radius 3 is 2.62 bits per heavy atom. The molecule has 0 aliphatic heterocycles. The van der Waals surface area contributed by atoms with Crippen molar-refractivity contribution in [3.63, 3.8) is 0 Å². The number of hydrogen-bond donors (Lipinski definition) is 1. The Morgan fingerprint density at radius 2 is 2.00 bits per heavy atom. The minimum atomic E-state index is -4.68. The van der Waals surface area contributed by atoms with Gasteiger partial charge in [-0.3, -0.25) is 0 Å². The second kappa shape index (κ2) is 3.70. The first-order chi connectivity index (χ1) is 7.49. The van der Waals surface area contributed by atoms with E-state index < -0.39 is 6.36 Å². The highest BCUT2D eigenvalue weighted by molar-refractivity contribution is 6.04. The Kier molecular flexibility index (Phi) is 2.49. The number of rotatable bonds is 1. The predicted octanol–water partition coefficient (Wildman–Crippen LogP) is 2.71. The van der Waals surface area contributed by atoms with Gasteiger partial charge in [-0.2, -0.15) is 0 Å². The maximum atomic E-state index is 12.0. The lowest BCUT2D eigenvalue weighted by Gasteiger charge is -2.09. The van der Waals surface area contributed by atoms with Crippen LogP contribution in [-0.2, 0) is 6.42 Å². The summed E-state index contributed by atoms with van der Waals surface area (Å²) < 4.78 is 39.6. The number of alkyl halides is 3. The fourth-order valence-electron chi connectivity index (χ4n) is 1.75. The summed E-state index contributed by atoms with van der Waals surface area (Å²) in [5.74, 6) is -0.245. The van der Waals surface area contributed by atoms with Gasteiger partial charge in [-0.25, -0.2) is 0 Å². The van der Waals surface area contributed by atoms with Crippen molar-refractivity contribution in [2.75, 3.05) is 0 Å². The van der Waals surface area contributed by atoms with Crippen molar-refractivity contribution in [2.45, 2.75) is 19.2 Å². The van der Waals surface area contributed by atoms with E-state index in [0.29, 0.717) is 29.7 Å².